The SMILES string of the molecule is O=S1(=O)NCCSc2ccccc21. The number of hydrogen-bond donors (Lipinski definition) is 1. The third-order valence-electron chi connectivity index (χ3n) is 1.79. The molecule has 0 aliphatic carbocycles. The maximum atomic E-state index is 11.6. The first-order chi connectivity index (χ1) is 6.20. The van der Waals surface area contributed by atoms with Crippen molar-refractivity contribution in [2.24, 2.45) is 0 Å². The molecule has 13 heavy (non-hydrogen) atoms. The molecule has 0 atom stereocenters. The number of fused-ring (bicyclic) bond motifs is 1. The molecule has 0 amide bonds. The molecule has 0 bridgehead atoms. The van der Waals surface area contributed by atoms with Crippen LogP contribution in [0.3, 0.4) is 0 Å². The summed E-state index contributed by atoms with van der Waals surface area (Å²) in [5.74, 6) is 0.788. The summed E-state index contributed by atoms with van der Waals surface area (Å²) in [6, 6.07) is 7.07. The van der Waals surface area contributed by atoms with Gasteiger partial charge in [-0.2, -0.15) is 0 Å². The molecule has 1 aromatic rings. The van der Waals surface area contributed by atoms with Crippen LogP contribution in [0.2, 0.25) is 0 Å². The van der Waals surface area contributed by atoms with Gasteiger partial charge in [0.15, 0.2) is 0 Å². The van der Waals surface area contributed by atoms with Crippen LogP contribution in [0.15, 0.2) is 34.1 Å². The average molecular weight is 215 g/mol. The molecule has 1 aliphatic heterocycles. The standard InChI is InChI=1S/C8H9NO2S2/c10-13(11)8-4-2-1-3-7(8)12-6-5-9-13/h1-4,9H,5-6H2. The Morgan fingerprint density at radius 3 is 2.92 bits per heavy atom. The van der Waals surface area contributed by atoms with Crippen molar-refractivity contribution >= 4 is 21.8 Å². The average Bonchev–Trinajstić information content (AvgIpc) is 2.26. The normalized spacial score (nSPS) is 20.3. The van der Waals surface area contributed by atoms with Crippen LogP contribution in [-0.2, 0) is 10.0 Å². The van der Waals surface area contributed by atoms with E-state index in [-0.39, 0.29) is 0 Å². The summed E-state index contributed by atoms with van der Waals surface area (Å²) in [4.78, 5) is 1.24. The zero-order valence-corrected chi connectivity index (χ0v) is 8.49. The Bertz CT molecular complexity index is 414. The van der Waals surface area contributed by atoms with E-state index in [0.717, 1.165) is 10.6 Å². The van der Waals surface area contributed by atoms with E-state index < -0.39 is 10.0 Å². The van der Waals surface area contributed by atoms with E-state index in [9.17, 15) is 8.42 Å². The monoisotopic (exact) mass is 215 g/mol. The van der Waals surface area contributed by atoms with Gasteiger partial charge >= 0.3 is 0 Å². The van der Waals surface area contributed by atoms with Gasteiger partial charge in [-0.1, -0.05) is 12.1 Å². The van der Waals surface area contributed by atoms with E-state index in [1.54, 1.807) is 23.9 Å². The molecular formula is C8H9NO2S2. The van der Waals surface area contributed by atoms with Gasteiger partial charge in [0.25, 0.3) is 0 Å². The van der Waals surface area contributed by atoms with Gasteiger partial charge in [0, 0.05) is 17.2 Å². The van der Waals surface area contributed by atoms with Crippen LogP contribution in [0, 0.1) is 0 Å². The predicted molar refractivity (Wildman–Crippen MR) is 52.4 cm³/mol. The van der Waals surface area contributed by atoms with Gasteiger partial charge < -0.3 is 0 Å². The van der Waals surface area contributed by atoms with Crippen LogP contribution in [-0.4, -0.2) is 20.7 Å². The van der Waals surface area contributed by atoms with Gasteiger partial charge in [-0.05, 0) is 12.1 Å². The highest BCUT2D eigenvalue weighted by Crippen LogP contribution is 2.27. The van der Waals surface area contributed by atoms with Gasteiger partial charge in [-0.25, -0.2) is 13.1 Å². The summed E-state index contributed by atoms with van der Waals surface area (Å²) >= 11 is 1.57. The lowest BCUT2D eigenvalue weighted by atomic mass is 10.4. The summed E-state index contributed by atoms with van der Waals surface area (Å²) in [5.41, 5.74) is 0. The van der Waals surface area contributed by atoms with Crippen LogP contribution in [0.1, 0.15) is 0 Å². The van der Waals surface area contributed by atoms with E-state index in [1.165, 1.54) is 0 Å². The zero-order chi connectivity index (χ0) is 9.31. The number of thioether (sulfide) groups is 1. The summed E-state index contributed by atoms with van der Waals surface area (Å²) in [7, 11) is -3.25. The first-order valence-corrected chi connectivity index (χ1v) is 6.38. The van der Waals surface area contributed by atoms with E-state index in [2.05, 4.69) is 4.72 Å². The number of sulfonamides is 1. The topological polar surface area (TPSA) is 46.2 Å². The lowest BCUT2D eigenvalue weighted by Crippen LogP contribution is -2.24. The second kappa shape index (κ2) is 3.32. The Labute approximate surface area is 81.6 Å². The molecule has 2 rings (SSSR count). The molecule has 0 radical (unpaired) electrons. The van der Waals surface area contributed by atoms with E-state index in [1.807, 2.05) is 12.1 Å². The minimum atomic E-state index is -3.25. The lowest BCUT2D eigenvalue weighted by Gasteiger charge is -2.03. The van der Waals surface area contributed by atoms with Gasteiger partial charge in [0.1, 0.15) is 0 Å². The van der Waals surface area contributed by atoms with E-state index in [4.69, 9.17) is 0 Å². The second-order valence-corrected chi connectivity index (χ2v) is 5.57. The fourth-order valence-corrected chi connectivity index (χ4v) is 3.77. The molecule has 1 aromatic carbocycles. The van der Waals surface area contributed by atoms with Gasteiger partial charge in [0.05, 0.1) is 4.90 Å². The number of nitrogens with one attached hydrogen (secondary N) is 1. The molecule has 1 aliphatic rings. The Morgan fingerprint density at radius 1 is 1.31 bits per heavy atom. The summed E-state index contributed by atoms with van der Waals surface area (Å²) < 4.78 is 25.7. The van der Waals surface area contributed by atoms with Crippen molar-refractivity contribution in [1.82, 2.24) is 4.72 Å². The van der Waals surface area contributed by atoms with Crippen molar-refractivity contribution in [3.63, 3.8) is 0 Å². The largest absolute Gasteiger partial charge is 0.241 e. The highest BCUT2D eigenvalue weighted by atomic mass is 32.2. The molecule has 0 fully saturated rings. The van der Waals surface area contributed by atoms with Crippen molar-refractivity contribution in [3.8, 4) is 0 Å². The van der Waals surface area contributed by atoms with Crippen LogP contribution < -0.4 is 4.72 Å². The van der Waals surface area contributed by atoms with Crippen LogP contribution in [0.4, 0.5) is 0 Å². The Morgan fingerprint density at radius 2 is 2.08 bits per heavy atom. The molecule has 0 saturated carbocycles. The number of hydrogen-bond acceptors (Lipinski definition) is 3. The fraction of sp³-hybridized carbons (Fsp3) is 0.250. The maximum Gasteiger partial charge on any atom is 0.241 e. The van der Waals surface area contributed by atoms with E-state index >= 15 is 0 Å². The van der Waals surface area contributed by atoms with Crippen LogP contribution in [0.5, 0.6) is 0 Å². The molecule has 0 saturated heterocycles. The maximum absolute atomic E-state index is 11.6. The molecule has 5 heteroatoms. The summed E-state index contributed by atoms with van der Waals surface area (Å²) in [6.45, 7) is 0.502. The summed E-state index contributed by atoms with van der Waals surface area (Å²) in [6.07, 6.45) is 0. The molecule has 3 nitrogen and oxygen atoms in total. The fourth-order valence-electron chi connectivity index (χ4n) is 1.21. The van der Waals surface area contributed by atoms with E-state index in [0.29, 0.717) is 11.4 Å². The number of benzene rings is 1. The first kappa shape index (κ1) is 9.05. The highest BCUT2D eigenvalue weighted by Gasteiger charge is 2.20. The van der Waals surface area contributed by atoms with Crippen molar-refractivity contribution in [1.29, 1.82) is 0 Å². The smallest absolute Gasteiger partial charge is 0.210 e. The van der Waals surface area contributed by atoms with Crippen LogP contribution >= 0.6 is 11.8 Å². The molecular weight excluding hydrogens is 206 g/mol. The highest BCUT2D eigenvalue weighted by molar-refractivity contribution is 8.00. The van der Waals surface area contributed by atoms with Gasteiger partial charge in [0.2, 0.25) is 10.0 Å². The lowest BCUT2D eigenvalue weighted by molar-refractivity contribution is 0.583. The minimum absolute atomic E-state index is 0.400. The second-order valence-electron chi connectivity index (χ2n) is 2.69. The molecule has 0 unspecified atom stereocenters. The van der Waals surface area contributed by atoms with Gasteiger partial charge in [-0.15, -0.1) is 11.8 Å². The Kier molecular flexibility index (Phi) is 2.31. The van der Waals surface area contributed by atoms with Crippen LogP contribution in [0.25, 0.3) is 0 Å². The van der Waals surface area contributed by atoms with Crippen molar-refractivity contribution < 1.29 is 8.42 Å². The molecule has 1 N–H and O–H groups in total. The zero-order valence-electron chi connectivity index (χ0n) is 6.86. The van der Waals surface area contributed by atoms with Crippen molar-refractivity contribution in [3.05, 3.63) is 24.3 Å². The Balaban J connectivity index is 2.62. The molecule has 0 spiro atoms. The minimum Gasteiger partial charge on any atom is -0.210 e. The molecule has 70 valence electrons. The summed E-state index contributed by atoms with van der Waals surface area (Å²) in [5, 5.41) is 0. The van der Waals surface area contributed by atoms with Crippen molar-refractivity contribution in [2.45, 2.75) is 9.79 Å². The molecule has 0 aromatic heterocycles. The Hall–Kier alpha value is -0.520. The third kappa shape index (κ3) is 1.72. The molecule has 1 heterocycles. The van der Waals surface area contributed by atoms with Crippen molar-refractivity contribution in [2.75, 3.05) is 12.3 Å². The first-order valence-electron chi connectivity index (χ1n) is 3.92. The predicted octanol–water partition coefficient (Wildman–Crippen LogP) is 1.07. The third-order valence-corrected chi connectivity index (χ3v) is 4.51. The van der Waals surface area contributed by atoms with Gasteiger partial charge in [-0.3, -0.25) is 0 Å². The quantitative estimate of drug-likeness (QED) is 0.704. The number of rotatable bonds is 0.